The maximum Gasteiger partial charge on any atom is 0.238 e. The van der Waals surface area contributed by atoms with Crippen LogP contribution < -0.4 is 11.1 Å². The van der Waals surface area contributed by atoms with Gasteiger partial charge in [0.05, 0.1) is 6.54 Å². The van der Waals surface area contributed by atoms with Gasteiger partial charge in [-0.3, -0.25) is 9.69 Å². The van der Waals surface area contributed by atoms with Crippen molar-refractivity contribution in [2.24, 2.45) is 11.7 Å². The number of aryl methyl sites for hydroxylation is 1. The Hall–Kier alpha value is -0.660. The number of carbonyl (C=O) groups is 1. The van der Waals surface area contributed by atoms with Crippen molar-refractivity contribution in [2.45, 2.75) is 19.8 Å². The van der Waals surface area contributed by atoms with Gasteiger partial charge in [0.1, 0.15) is 0 Å². The number of halogens is 1. The van der Waals surface area contributed by atoms with Gasteiger partial charge >= 0.3 is 0 Å². The summed E-state index contributed by atoms with van der Waals surface area (Å²) >= 11 is 2.27. The number of nitrogens with two attached hydrogens (primary N) is 1. The summed E-state index contributed by atoms with van der Waals surface area (Å²) < 4.78 is 1.18. The molecule has 1 aliphatic heterocycles. The average Bonchev–Trinajstić information content (AvgIpc) is 2.42. The summed E-state index contributed by atoms with van der Waals surface area (Å²) in [7, 11) is 0. The lowest BCUT2D eigenvalue weighted by Crippen LogP contribution is -2.42. The Morgan fingerprint density at radius 3 is 3.05 bits per heavy atom. The van der Waals surface area contributed by atoms with Gasteiger partial charge in [-0.25, -0.2) is 0 Å². The summed E-state index contributed by atoms with van der Waals surface area (Å²) in [6.07, 6.45) is 2.32. The quantitative estimate of drug-likeness (QED) is 0.779. The molecule has 1 aliphatic rings. The first-order valence-corrected chi connectivity index (χ1v) is 8.15. The Balaban J connectivity index is 1.88. The van der Waals surface area contributed by atoms with Crippen LogP contribution in [0.4, 0.5) is 5.69 Å². The first kappa shape index (κ1) is 15.7. The summed E-state index contributed by atoms with van der Waals surface area (Å²) in [5.41, 5.74) is 7.73. The Morgan fingerprint density at radius 2 is 2.35 bits per heavy atom. The van der Waals surface area contributed by atoms with Gasteiger partial charge in [-0.05, 0) is 85.1 Å². The van der Waals surface area contributed by atoms with Gasteiger partial charge in [-0.15, -0.1) is 0 Å². The lowest BCUT2D eigenvalue weighted by atomic mass is 9.98. The molecule has 0 radical (unpaired) electrons. The molecule has 0 aliphatic carbocycles. The number of carbonyl (C=O) groups excluding carboxylic acids is 1. The van der Waals surface area contributed by atoms with E-state index >= 15 is 0 Å². The van der Waals surface area contributed by atoms with Crippen LogP contribution in [-0.4, -0.2) is 37.0 Å². The van der Waals surface area contributed by atoms with E-state index in [4.69, 9.17) is 5.73 Å². The topological polar surface area (TPSA) is 58.4 Å². The van der Waals surface area contributed by atoms with Crippen molar-refractivity contribution >= 4 is 34.2 Å². The van der Waals surface area contributed by atoms with E-state index in [2.05, 4.69) is 38.9 Å². The molecule has 0 saturated carbocycles. The molecule has 1 saturated heterocycles. The van der Waals surface area contributed by atoms with Crippen molar-refractivity contribution in [3.8, 4) is 0 Å². The minimum Gasteiger partial charge on any atom is -0.330 e. The van der Waals surface area contributed by atoms with Crippen molar-refractivity contribution in [3.05, 3.63) is 27.3 Å². The summed E-state index contributed by atoms with van der Waals surface area (Å²) in [5, 5.41) is 3.00. The van der Waals surface area contributed by atoms with Gasteiger partial charge in [0.25, 0.3) is 0 Å². The van der Waals surface area contributed by atoms with Crippen LogP contribution in [0.2, 0.25) is 0 Å². The predicted octanol–water partition coefficient (Wildman–Crippen LogP) is 2.21. The van der Waals surface area contributed by atoms with E-state index in [1.165, 1.54) is 9.99 Å². The van der Waals surface area contributed by atoms with Crippen LogP contribution >= 0.6 is 22.6 Å². The molecule has 1 aromatic rings. The number of nitrogens with zero attached hydrogens (tertiary/aromatic N) is 1. The zero-order chi connectivity index (χ0) is 14.5. The smallest absolute Gasteiger partial charge is 0.238 e. The van der Waals surface area contributed by atoms with E-state index in [-0.39, 0.29) is 5.91 Å². The van der Waals surface area contributed by atoms with Crippen LogP contribution in [0.5, 0.6) is 0 Å². The van der Waals surface area contributed by atoms with E-state index in [0.29, 0.717) is 19.0 Å². The third kappa shape index (κ3) is 4.43. The number of hydrogen-bond donors (Lipinski definition) is 2. The molecule has 1 aromatic carbocycles. The number of piperidine rings is 1. The molecular weight excluding hydrogens is 365 g/mol. The Labute approximate surface area is 134 Å². The molecule has 0 spiro atoms. The monoisotopic (exact) mass is 387 g/mol. The fraction of sp³-hybridized carbons (Fsp3) is 0.533. The second-order valence-electron chi connectivity index (χ2n) is 5.49. The highest BCUT2D eigenvalue weighted by Gasteiger charge is 2.20. The SMILES string of the molecule is Cc1cc(I)ccc1NC(=O)CN1CCCC(CN)C1. The highest BCUT2D eigenvalue weighted by molar-refractivity contribution is 14.1. The van der Waals surface area contributed by atoms with Crippen molar-refractivity contribution in [3.63, 3.8) is 0 Å². The third-order valence-corrected chi connectivity index (χ3v) is 4.44. The third-order valence-electron chi connectivity index (χ3n) is 3.77. The molecule has 3 N–H and O–H groups in total. The molecule has 1 heterocycles. The van der Waals surface area contributed by atoms with E-state index in [9.17, 15) is 4.79 Å². The maximum absolute atomic E-state index is 12.1. The summed E-state index contributed by atoms with van der Waals surface area (Å²) in [6, 6.07) is 6.05. The molecule has 1 atom stereocenters. The second kappa shape index (κ2) is 7.38. The molecule has 5 heteroatoms. The lowest BCUT2D eigenvalue weighted by molar-refractivity contribution is -0.117. The molecule has 0 bridgehead atoms. The van der Waals surface area contributed by atoms with E-state index in [1.807, 2.05) is 19.1 Å². The molecule has 1 fully saturated rings. The zero-order valence-corrected chi connectivity index (χ0v) is 14.0. The Bertz CT molecular complexity index is 478. The normalized spacial score (nSPS) is 19.9. The summed E-state index contributed by atoms with van der Waals surface area (Å²) in [6.45, 7) is 5.13. The van der Waals surface area contributed by atoms with E-state index < -0.39 is 0 Å². The number of hydrogen-bond acceptors (Lipinski definition) is 3. The lowest BCUT2D eigenvalue weighted by Gasteiger charge is -2.31. The van der Waals surface area contributed by atoms with Gasteiger partial charge in [0.15, 0.2) is 0 Å². The van der Waals surface area contributed by atoms with Crippen LogP contribution in [0.25, 0.3) is 0 Å². The van der Waals surface area contributed by atoms with Crippen LogP contribution in [0, 0.1) is 16.4 Å². The molecule has 20 heavy (non-hydrogen) atoms. The van der Waals surface area contributed by atoms with Crippen LogP contribution in [0.1, 0.15) is 18.4 Å². The molecule has 1 unspecified atom stereocenters. The predicted molar refractivity (Wildman–Crippen MR) is 90.7 cm³/mol. The van der Waals surface area contributed by atoms with Crippen LogP contribution in [0.3, 0.4) is 0 Å². The van der Waals surface area contributed by atoms with Gasteiger partial charge in [-0.2, -0.15) is 0 Å². The highest BCUT2D eigenvalue weighted by atomic mass is 127. The number of benzene rings is 1. The molecule has 4 nitrogen and oxygen atoms in total. The van der Waals surface area contributed by atoms with Crippen molar-refractivity contribution in [1.29, 1.82) is 0 Å². The number of nitrogens with one attached hydrogen (secondary N) is 1. The minimum absolute atomic E-state index is 0.0620. The van der Waals surface area contributed by atoms with Gasteiger partial charge in [0, 0.05) is 15.8 Å². The maximum atomic E-state index is 12.1. The molecule has 1 amide bonds. The Kier molecular flexibility index (Phi) is 5.80. The fourth-order valence-electron chi connectivity index (χ4n) is 2.65. The number of rotatable bonds is 4. The van der Waals surface area contributed by atoms with Gasteiger partial charge < -0.3 is 11.1 Å². The van der Waals surface area contributed by atoms with Crippen LogP contribution in [0.15, 0.2) is 18.2 Å². The van der Waals surface area contributed by atoms with Gasteiger partial charge in [-0.1, -0.05) is 0 Å². The van der Waals surface area contributed by atoms with Crippen molar-refractivity contribution in [2.75, 3.05) is 31.5 Å². The largest absolute Gasteiger partial charge is 0.330 e. The van der Waals surface area contributed by atoms with Crippen LogP contribution in [-0.2, 0) is 4.79 Å². The molecule has 0 aromatic heterocycles. The number of likely N-dealkylation sites (tertiary alicyclic amines) is 1. The minimum atomic E-state index is 0.0620. The number of anilines is 1. The summed E-state index contributed by atoms with van der Waals surface area (Å²) in [5.74, 6) is 0.601. The molecular formula is C15H22IN3O. The second-order valence-corrected chi connectivity index (χ2v) is 6.73. The molecule has 110 valence electrons. The first-order chi connectivity index (χ1) is 9.58. The molecule has 2 rings (SSSR count). The fourth-order valence-corrected chi connectivity index (χ4v) is 3.29. The highest BCUT2D eigenvalue weighted by Crippen LogP contribution is 2.18. The first-order valence-electron chi connectivity index (χ1n) is 7.07. The zero-order valence-electron chi connectivity index (χ0n) is 11.9. The van der Waals surface area contributed by atoms with Crippen molar-refractivity contribution in [1.82, 2.24) is 4.90 Å². The van der Waals surface area contributed by atoms with E-state index in [0.717, 1.165) is 30.8 Å². The average molecular weight is 387 g/mol. The standard InChI is InChI=1S/C15H22IN3O/c1-11-7-13(16)4-5-14(11)18-15(20)10-19-6-2-3-12(8-17)9-19/h4-5,7,12H,2-3,6,8-10,17H2,1H3,(H,18,20). The van der Waals surface area contributed by atoms with Gasteiger partial charge in [0.2, 0.25) is 5.91 Å². The summed E-state index contributed by atoms with van der Waals surface area (Å²) in [4.78, 5) is 14.3. The van der Waals surface area contributed by atoms with E-state index in [1.54, 1.807) is 0 Å². The number of amides is 1. The Morgan fingerprint density at radius 1 is 1.55 bits per heavy atom. The van der Waals surface area contributed by atoms with Crippen molar-refractivity contribution < 1.29 is 4.79 Å².